The Hall–Kier alpha value is -1.52. The van der Waals surface area contributed by atoms with Crippen LogP contribution in [0.2, 0.25) is 0 Å². The number of H-pyrrole nitrogens is 1. The first kappa shape index (κ1) is 26.5. The summed E-state index contributed by atoms with van der Waals surface area (Å²) in [7, 11) is -4.63. The Balaban J connectivity index is 0.00000225. The van der Waals surface area contributed by atoms with E-state index in [1.165, 1.54) is 19.9 Å². The van der Waals surface area contributed by atoms with Gasteiger partial charge in [0.25, 0.3) is 11.9 Å². The van der Waals surface area contributed by atoms with Crippen LogP contribution in [0.4, 0.5) is 11.6 Å². The summed E-state index contributed by atoms with van der Waals surface area (Å²) in [5.41, 5.74) is 0.892. The molecule has 30 heavy (non-hydrogen) atoms. The van der Waals surface area contributed by atoms with E-state index < -0.39 is 38.8 Å². The number of rotatable bonds is 5. The van der Waals surface area contributed by atoms with E-state index in [9.17, 15) is 27.7 Å². The molecule has 2 aromatic rings. The molecule has 1 aromatic carbocycles. The molecule has 0 spiro atoms. The molecule has 1 aromatic heterocycles. The summed E-state index contributed by atoms with van der Waals surface area (Å²) in [6, 6.07) is 2.40. The Morgan fingerprint density at radius 3 is 2.47 bits per heavy atom. The van der Waals surface area contributed by atoms with Crippen LogP contribution < -0.4 is 69.2 Å². The molecular weight excluding hydrogens is 440 g/mol. The van der Waals surface area contributed by atoms with Crippen molar-refractivity contribution in [2.75, 3.05) is 5.01 Å². The summed E-state index contributed by atoms with van der Waals surface area (Å²) in [4.78, 5) is 26.3. The second-order valence-electron chi connectivity index (χ2n) is 5.68. The molecule has 0 bridgehead atoms. The van der Waals surface area contributed by atoms with Crippen molar-refractivity contribution in [3.8, 4) is 0 Å². The molecule has 16 heteroatoms. The van der Waals surface area contributed by atoms with Crippen LogP contribution in [-0.2, 0) is 14.9 Å². The zero-order valence-electron chi connectivity index (χ0n) is 16.4. The van der Waals surface area contributed by atoms with E-state index in [1.54, 1.807) is 0 Å². The molecule has 0 fully saturated rings. The predicted octanol–water partition coefficient (Wildman–Crippen LogP) is -6.74. The van der Waals surface area contributed by atoms with Crippen molar-refractivity contribution in [1.82, 2.24) is 15.2 Å². The Kier molecular flexibility index (Phi) is 9.01. The largest absolute Gasteiger partial charge is 1.00 e. The van der Waals surface area contributed by atoms with E-state index in [0.717, 1.165) is 17.1 Å². The van der Waals surface area contributed by atoms with Gasteiger partial charge in [-0.25, -0.2) is 8.42 Å². The van der Waals surface area contributed by atoms with Gasteiger partial charge in [0.05, 0.1) is 16.3 Å². The molecule has 0 radical (unpaired) electrons. The summed E-state index contributed by atoms with van der Waals surface area (Å²) in [6.45, 7) is 3.05. The van der Waals surface area contributed by atoms with Crippen LogP contribution in [0.3, 0.4) is 0 Å². The van der Waals surface area contributed by atoms with Crippen molar-refractivity contribution in [3.05, 3.63) is 29.6 Å². The first-order valence-electron chi connectivity index (χ1n) is 7.58. The summed E-state index contributed by atoms with van der Waals surface area (Å²) in [6.07, 6.45) is 0. The fourth-order valence-electron chi connectivity index (χ4n) is 2.38. The smallest absolute Gasteiger partial charge is 0.744 e. The quantitative estimate of drug-likeness (QED) is 0.263. The van der Waals surface area contributed by atoms with Gasteiger partial charge in [-0.2, -0.15) is 20.2 Å². The van der Waals surface area contributed by atoms with Gasteiger partial charge in [-0.05, 0) is 37.6 Å². The Morgan fingerprint density at radius 2 is 1.93 bits per heavy atom. The maximum atomic E-state index is 12.6. The molecule has 146 valence electrons. The number of hydrogen-bond donors (Lipinski definition) is 1. The van der Waals surface area contributed by atoms with Crippen LogP contribution in [0.1, 0.15) is 23.1 Å². The molecule has 0 saturated carbocycles. The van der Waals surface area contributed by atoms with Gasteiger partial charge in [-0.15, -0.1) is 10.2 Å². The van der Waals surface area contributed by atoms with Crippen LogP contribution in [0.5, 0.6) is 0 Å². The molecule has 1 atom stereocenters. The molecule has 1 aliphatic rings. The molecule has 1 amide bonds. The van der Waals surface area contributed by atoms with E-state index in [-0.39, 0.29) is 76.5 Å². The Labute approximate surface area is 214 Å². The minimum Gasteiger partial charge on any atom is -0.744 e. The van der Waals surface area contributed by atoms with E-state index in [0.29, 0.717) is 5.56 Å². The third kappa shape index (κ3) is 5.59. The number of anilines is 1. The number of nitrogens with one attached hydrogen (secondary N) is 1. The van der Waals surface area contributed by atoms with Crippen LogP contribution >= 0.6 is 0 Å². The normalized spacial score (nSPS) is 16.2. The number of aromatic carboxylic acids is 1. The fourth-order valence-corrected chi connectivity index (χ4v) is 2.94. The molecule has 1 aliphatic heterocycles. The van der Waals surface area contributed by atoms with Crippen molar-refractivity contribution >= 4 is 39.3 Å². The van der Waals surface area contributed by atoms with Crippen molar-refractivity contribution in [3.63, 3.8) is 0 Å². The van der Waals surface area contributed by atoms with E-state index in [1.807, 2.05) is 0 Å². The van der Waals surface area contributed by atoms with Gasteiger partial charge in [0.2, 0.25) is 0 Å². The number of benzene rings is 1. The number of azo groups is 1. The molecule has 13 nitrogen and oxygen atoms in total. The number of carboxylic acid groups (broad SMARTS) is 1. The average Bonchev–Trinajstić information content (AvgIpc) is 3.18. The molecule has 0 saturated heterocycles. The van der Waals surface area contributed by atoms with Crippen molar-refractivity contribution in [1.29, 1.82) is 0 Å². The summed E-state index contributed by atoms with van der Waals surface area (Å²) >= 11 is 0. The number of hydrazone groups is 1. The van der Waals surface area contributed by atoms with Crippen LogP contribution in [-0.4, -0.2) is 51.8 Å². The maximum absolute atomic E-state index is 12.6. The SMILES string of the molecule is CC1=NN(c2ccc(S(=O)(=O)[O-])cc2C)C(=O)C1N=Nc1n[nH]c(C(=O)[O-])n1.[Na+].[Na+]. The maximum Gasteiger partial charge on any atom is 1.00 e. The molecule has 1 N–H and O–H groups in total. The zero-order chi connectivity index (χ0) is 20.6. The first-order chi connectivity index (χ1) is 13.1. The van der Waals surface area contributed by atoms with Gasteiger partial charge in [0, 0.05) is 0 Å². The minimum atomic E-state index is -4.63. The van der Waals surface area contributed by atoms with Crippen LogP contribution in [0.15, 0.2) is 38.4 Å². The molecule has 1 unspecified atom stereocenters. The third-order valence-electron chi connectivity index (χ3n) is 3.71. The van der Waals surface area contributed by atoms with E-state index in [4.69, 9.17) is 0 Å². The van der Waals surface area contributed by atoms with Gasteiger partial charge >= 0.3 is 59.1 Å². The summed E-state index contributed by atoms with van der Waals surface area (Å²) < 4.78 is 33.3. The predicted molar refractivity (Wildman–Crippen MR) is 88.8 cm³/mol. The molecule has 3 rings (SSSR count). The number of carbonyl (C=O) groups excluding carboxylic acids is 2. The zero-order valence-corrected chi connectivity index (χ0v) is 21.2. The van der Waals surface area contributed by atoms with Crippen molar-refractivity contribution < 1.29 is 86.8 Å². The second kappa shape index (κ2) is 10.2. The van der Waals surface area contributed by atoms with Gasteiger partial charge in [0.1, 0.15) is 16.1 Å². The fraction of sp³-hybridized carbons (Fsp3) is 0.214. The van der Waals surface area contributed by atoms with E-state index >= 15 is 0 Å². The topological polar surface area (TPSA) is 196 Å². The van der Waals surface area contributed by atoms with Gasteiger partial charge < -0.3 is 14.5 Å². The van der Waals surface area contributed by atoms with Gasteiger partial charge in [0.15, 0.2) is 11.9 Å². The summed E-state index contributed by atoms with van der Waals surface area (Å²) in [5, 5.41) is 28.7. The van der Waals surface area contributed by atoms with E-state index in [2.05, 4.69) is 30.5 Å². The number of carboxylic acids is 1. The van der Waals surface area contributed by atoms with Crippen molar-refractivity contribution in [2.45, 2.75) is 24.8 Å². The number of nitrogens with zero attached hydrogens (tertiary/aromatic N) is 6. The Morgan fingerprint density at radius 1 is 1.27 bits per heavy atom. The second-order valence-corrected chi connectivity index (χ2v) is 7.06. The molecule has 0 aliphatic carbocycles. The standard InChI is InChI=1S/C14H13N7O6S.2Na/c1-6-5-8(28(25,26)27)3-4-9(6)21-12(22)10(7(2)20-21)16-18-14-15-11(13(23)24)17-19-14;;/h3-5,10H,1-2H3,(H,23,24)(H,15,17,19)(H,25,26,27);;/q;2*+1/p-2. The summed E-state index contributed by atoms with van der Waals surface area (Å²) in [5.74, 6) is -3.01. The number of aromatic amines is 1. The first-order valence-corrected chi connectivity index (χ1v) is 8.99. The van der Waals surface area contributed by atoms with Gasteiger partial charge in [-0.1, -0.05) is 0 Å². The Bertz CT molecular complexity index is 1150. The number of aryl methyl sites for hydroxylation is 1. The molecule has 2 heterocycles. The number of carbonyl (C=O) groups is 2. The third-order valence-corrected chi connectivity index (χ3v) is 4.54. The number of hydrogen-bond acceptors (Lipinski definition) is 11. The molecular formula is C14H11N7Na2O6S. The van der Waals surface area contributed by atoms with Gasteiger partial charge in [-0.3, -0.25) is 9.89 Å². The monoisotopic (exact) mass is 451 g/mol. The van der Waals surface area contributed by atoms with Crippen LogP contribution in [0.25, 0.3) is 0 Å². The number of amides is 1. The van der Waals surface area contributed by atoms with Crippen molar-refractivity contribution in [2.24, 2.45) is 15.3 Å². The number of aromatic nitrogens is 3. The minimum absolute atomic E-state index is 0. The van der Waals surface area contributed by atoms with Crippen LogP contribution in [0, 0.1) is 6.92 Å². The average molecular weight is 451 g/mol.